The summed E-state index contributed by atoms with van der Waals surface area (Å²) in [6, 6.07) is 17.9. The van der Waals surface area contributed by atoms with Crippen LogP contribution >= 0.6 is 11.6 Å². The number of aliphatic hydroxyl groups excluding tert-OH is 1. The van der Waals surface area contributed by atoms with Crippen molar-refractivity contribution < 1.29 is 37.3 Å². The number of benzene rings is 3. The third-order valence-corrected chi connectivity index (χ3v) is 6.73. The summed E-state index contributed by atoms with van der Waals surface area (Å²) in [6.07, 6.45) is -6.27. The van der Waals surface area contributed by atoms with E-state index in [1.54, 1.807) is 56.3 Å². The Morgan fingerprint density at radius 1 is 1.02 bits per heavy atom. The molecule has 10 heteroatoms. The number of fused-ring (bicyclic) bond motifs is 1. The van der Waals surface area contributed by atoms with Crippen LogP contribution in [0.2, 0.25) is 5.02 Å². The van der Waals surface area contributed by atoms with E-state index in [0.29, 0.717) is 44.9 Å². The van der Waals surface area contributed by atoms with E-state index < -0.39 is 24.5 Å². The summed E-state index contributed by atoms with van der Waals surface area (Å²) < 4.78 is 56.0. The molecule has 6 nitrogen and oxygen atoms in total. The lowest BCUT2D eigenvalue weighted by molar-refractivity contribution is -0.274. The Bertz CT molecular complexity index is 1480. The first-order valence-electron chi connectivity index (χ1n) is 12.7. The summed E-state index contributed by atoms with van der Waals surface area (Å²) >= 11 is 6.01. The number of halogens is 4. The topological polar surface area (TPSA) is 69.9 Å². The molecule has 212 valence electrons. The van der Waals surface area contributed by atoms with E-state index >= 15 is 0 Å². The SMILES string of the molecule is CCOC(=O)[C@@H](CC)Oc1cccc(Cn2c(C)c(C(O)c3ccc(Cl)cc3)c3ccc(OC(F)(F)F)cc32)c1. The number of hydrogen-bond donors (Lipinski definition) is 1. The van der Waals surface area contributed by atoms with E-state index in [9.17, 15) is 23.1 Å². The quantitative estimate of drug-likeness (QED) is 0.200. The molecule has 0 saturated carbocycles. The zero-order chi connectivity index (χ0) is 29.0. The zero-order valence-electron chi connectivity index (χ0n) is 22.2. The Hall–Kier alpha value is -3.69. The summed E-state index contributed by atoms with van der Waals surface area (Å²) in [4.78, 5) is 12.2. The van der Waals surface area contributed by atoms with E-state index in [2.05, 4.69) is 4.74 Å². The third kappa shape index (κ3) is 6.71. The van der Waals surface area contributed by atoms with Crippen molar-refractivity contribution in [1.29, 1.82) is 0 Å². The second-order valence-corrected chi connectivity index (χ2v) is 9.62. The smallest absolute Gasteiger partial charge is 0.479 e. The maximum Gasteiger partial charge on any atom is 0.573 e. The van der Waals surface area contributed by atoms with Crippen LogP contribution in [0.3, 0.4) is 0 Å². The number of nitrogens with zero attached hydrogens (tertiary/aromatic N) is 1. The molecule has 0 amide bonds. The van der Waals surface area contributed by atoms with Crippen LogP contribution in [0.1, 0.15) is 48.8 Å². The Morgan fingerprint density at radius 3 is 2.40 bits per heavy atom. The van der Waals surface area contributed by atoms with Gasteiger partial charge in [0.05, 0.1) is 12.1 Å². The van der Waals surface area contributed by atoms with Gasteiger partial charge in [0, 0.05) is 34.3 Å². The van der Waals surface area contributed by atoms with E-state index in [0.717, 1.165) is 5.56 Å². The number of esters is 1. The van der Waals surface area contributed by atoms with Crippen molar-refractivity contribution in [2.75, 3.05) is 6.61 Å². The van der Waals surface area contributed by atoms with Crippen LogP contribution in [0, 0.1) is 6.92 Å². The van der Waals surface area contributed by atoms with E-state index in [-0.39, 0.29) is 18.9 Å². The highest BCUT2D eigenvalue weighted by Crippen LogP contribution is 2.37. The second kappa shape index (κ2) is 12.2. The average molecular weight is 576 g/mol. The van der Waals surface area contributed by atoms with Gasteiger partial charge in [-0.25, -0.2) is 4.79 Å². The second-order valence-electron chi connectivity index (χ2n) is 9.18. The predicted octanol–water partition coefficient (Wildman–Crippen LogP) is 7.35. The highest BCUT2D eigenvalue weighted by molar-refractivity contribution is 6.30. The van der Waals surface area contributed by atoms with Crippen molar-refractivity contribution in [3.63, 3.8) is 0 Å². The summed E-state index contributed by atoms with van der Waals surface area (Å²) in [5, 5.41) is 12.4. The molecule has 4 rings (SSSR count). The van der Waals surface area contributed by atoms with Crippen molar-refractivity contribution >= 4 is 28.5 Å². The van der Waals surface area contributed by atoms with Crippen LogP contribution in [-0.2, 0) is 16.1 Å². The predicted molar refractivity (Wildman–Crippen MR) is 146 cm³/mol. The van der Waals surface area contributed by atoms with Gasteiger partial charge in [0.1, 0.15) is 17.6 Å². The number of alkyl halides is 3. The van der Waals surface area contributed by atoms with Gasteiger partial charge in [-0.05, 0) is 67.8 Å². The van der Waals surface area contributed by atoms with Gasteiger partial charge in [0.2, 0.25) is 0 Å². The van der Waals surface area contributed by atoms with Crippen LogP contribution in [0.4, 0.5) is 13.2 Å². The number of ether oxygens (including phenoxy) is 3. The van der Waals surface area contributed by atoms with Gasteiger partial charge < -0.3 is 23.9 Å². The molecular formula is C30H29ClF3NO5. The zero-order valence-corrected chi connectivity index (χ0v) is 22.9. The Balaban J connectivity index is 1.76. The Kier molecular flexibility index (Phi) is 8.95. The normalized spacial score (nSPS) is 13.2. The van der Waals surface area contributed by atoms with Crippen LogP contribution in [0.15, 0.2) is 66.7 Å². The van der Waals surface area contributed by atoms with Crippen LogP contribution in [0.5, 0.6) is 11.5 Å². The molecule has 0 radical (unpaired) electrons. The van der Waals surface area contributed by atoms with E-state index in [1.807, 2.05) is 17.6 Å². The lowest BCUT2D eigenvalue weighted by Gasteiger charge is -2.17. The summed E-state index contributed by atoms with van der Waals surface area (Å²) in [5.74, 6) is -0.377. The standard InChI is InChI=1S/C30H29ClF3NO5/c1-4-26(29(37)38-5-2)39-22-8-6-7-19(15-22)17-35-18(3)27(28(36)20-9-11-21(31)12-10-20)24-14-13-23(16-25(24)35)40-30(32,33)34/h6-16,26,28,36H,4-5,17H2,1-3H3/t26-,28?/m1/s1. The number of aromatic nitrogens is 1. The molecule has 0 aliphatic rings. The fraction of sp³-hybridized carbons (Fsp3) is 0.300. The monoisotopic (exact) mass is 575 g/mol. The average Bonchev–Trinajstić information content (AvgIpc) is 3.17. The molecule has 0 bridgehead atoms. The van der Waals surface area contributed by atoms with Crippen molar-refractivity contribution in [3.8, 4) is 11.5 Å². The molecule has 0 fully saturated rings. The Labute approximate surface area is 234 Å². The minimum Gasteiger partial charge on any atom is -0.479 e. The molecule has 2 atom stereocenters. The molecule has 3 aromatic carbocycles. The molecule has 1 aromatic heterocycles. The van der Waals surface area contributed by atoms with Crippen LogP contribution in [0.25, 0.3) is 10.9 Å². The van der Waals surface area contributed by atoms with Crippen LogP contribution in [-0.4, -0.2) is 34.7 Å². The van der Waals surface area contributed by atoms with Crippen LogP contribution < -0.4 is 9.47 Å². The number of carbonyl (C=O) groups is 1. The van der Waals surface area contributed by atoms with Gasteiger partial charge in [-0.3, -0.25) is 0 Å². The van der Waals surface area contributed by atoms with Gasteiger partial charge in [-0.2, -0.15) is 0 Å². The molecule has 0 aliphatic heterocycles. The van der Waals surface area contributed by atoms with Crippen molar-refractivity contribution in [3.05, 3.63) is 94.1 Å². The van der Waals surface area contributed by atoms with Crippen molar-refractivity contribution in [2.45, 2.75) is 52.3 Å². The number of hydrogen-bond acceptors (Lipinski definition) is 5. The van der Waals surface area contributed by atoms with Gasteiger partial charge in [0.25, 0.3) is 0 Å². The highest BCUT2D eigenvalue weighted by Gasteiger charge is 2.32. The maximum absolute atomic E-state index is 13.0. The first-order valence-corrected chi connectivity index (χ1v) is 13.1. The molecule has 4 aromatic rings. The number of aliphatic hydroxyl groups is 1. The molecular weight excluding hydrogens is 547 g/mol. The molecule has 0 saturated heterocycles. The van der Waals surface area contributed by atoms with Gasteiger partial charge >= 0.3 is 12.3 Å². The molecule has 1 N–H and O–H groups in total. The first-order chi connectivity index (χ1) is 19.0. The maximum atomic E-state index is 13.0. The fourth-order valence-electron chi connectivity index (χ4n) is 4.64. The van der Waals surface area contributed by atoms with Gasteiger partial charge in [0.15, 0.2) is 6.10 Å². The highest BCUT2D eigenvalue weighted by atomic mass is 35.5. The molecule has 1 heterocycles. The molecule has 0 aliphatic carbocycles. The number of rotatable bonds is 10. The lowest BCUT2D eigenvalue weighted by Crippen LogP contribution is -2.28. The largest absolute Gasteiger partial charge is 0.573 e. The summed E-state index contributed by atoms with van der Waals surface area (Å²) in [7, 11) is 0. The van der Waals surface area contributed by atoms with E-state index in [1.165, 1.54) is 18.2 Å². The molecule has 40 heavy (non-hydrogen) atoms. The first kappa shape index (κ1) is 29.3. The fourth-order valence-corrected chi connectivity index (χ4v) is 4.76. The van der Waals surface area contributed by atoms with Crippen molar-refractivity contribution in [1.82, 2.24) is 4.57 Å². The number of carbonyl (C=O) groups excluding carboxylic acids is 1. The summed E-state index contributed by atoms with van der Waals surface area (Å²) in [5.41, 5.74) is 3.02. The minimum atomic E-state index is -4.85. The lowest BCUT2D eigenvalue weighted by atomic mass is 9.99. The molecule has 0 spiro atoms. The van der Waals surface area contributed by atoms with Gasteiger partial charge in [-0.1, -0.05) is 42.8 Å². The molecule has 1 unspecified atom stereocenters. The van der Waals surface area contributed by atoms with Crippen molar-refractivity contribution in [2.24, 2.45) is 0 Å². The van der Waals surface area contributed by atoms with E-state index in [4.69, 9.17) is 21.1 Å². The van der Waals surface area contributed by atoms with Gasteiger partial charge in [-0.15, -0.1) is 13.2 Å². The third-order valence-electron chi connectivity index (χ3n) is 6.48. The summed E-state index contributed by atoms with van der Waals surface area (Å²) in [6.45, 7) is 5.82. The minimum absolute atomic E-state index is 0.239. The Morgan fingerprint density at radius 2 is 1.75 bits per heavy atom.